The van der Waals surface area contributed by atoms with E-state index in [-0.39, 0.29) is 6.42 Å². The van der Waals surface area contributed by atoms with Crippen LogP contribution >= 0.6 is 0 Å². The molecule has 0 aromatic heterocycles. The van der Waals surface area contributed by atoms with Crippen molar-refractivity contribution in [3.63, 3.8) is 0 Å². The molecule has 3 rings (SSSR count). The van der Waals surface area contributed by atoms with Crippen molar-refractivity contribution in [1.82, 2.24) is 0 Å². The highest BCUT2D eigenvalue weighted by atomic mass is 16.5. The Hall–Kier alpha value is -2.66. The van der Waals surface area contributed by atoms with E-state index in [4.69, 9.17) is 4.74 Å². The van der Waals surface area contributed by atoms with Gasteiger partial charge in [0.15, 0.2) is 5.60 Å². The number of carbonyl (C=O) groups is 2. The molecule has 1 heterocycles. The van der Waals surface area contributed by atoms with Crippen molar-refractivity contribution in [3.05, 3.63) is 65.7 Å². The van der Waals surface area contributed by atoms with Gasteiger partial charge in [0.25, 0.3) is 5.91 Å². The first-order valence-electron chi connectivity index (χ1n) is 7.32. The monoisotopic (exact) mass is 311 g/mol. The summed E-state index contributed by atoms with van der Waals surface area (Å²) in [5, 5.41) is 13.9. The molecule has 0 fully saturated rings. The number of para-hydroxylation sites is 1. The topological polar surface area (TPSA) is 75.6 Å². The minimum atomic E-state index is -1.81. The summed E-state index contributed by atoms with van der Waals surface area (Å²) in [4.78, 5) is 24.4. The van der Waals surface area contributed by atoms with Crippen LogP contribution in [0.2, 0.25) is 0 Å². The number of hydrogen-bond donors (Lipinski definition) is 2. The fourth-order valence-corrected chi connectivity index (χ4v) is 3.05. The average Bonchev–Trinajstić information content (AvgIpc) is 2.85. The van der Waals surface area contributed by atoms with E-state index in [0.717, 1.165) is 0 Å². The molecule has 1 amide bonds. The predicted molar refractivity (Wildman–Crippen MR) is 84.8 cm³/mol. The molecule has 1 aliphatic heterocycles. The number of ether oxygens (including phenoxy) is 1. The fraction of sp³-hybridized carbons (Fsp3) is 0.222. The highest BCUT2D eigenvalue weighted by Crippen LogP contribution is 2.46. The summed E-state index contributed by atoms with van der Waals surface area (Å²) in [6.45, 7) is 0. The highest BCUT2D eigenvalue weighted by Gasteiger charge is 2.52. The summed E-state index contributed by atoms with van der Waals surface area (Å²) < 4.78 is 4.75. The van der Waals surface area contributed by atoms with Crippen LogP contribution in [-0.4, -0.2) is 24.1 Å². The molecule has 2 aromatic carbocycles. The number of hydrogen-bond acceptors (Lipinski definition) is 4. The molecule has 0 saturated carbocycles. The third kappa shape index (κ3) is 2.49. The van der Waals surface area contributed by atoms with Crippen molar-refractivity contribution < 1.29 is 19.4 Å². The summed E-state index contributed by atoms with van der Waals surface area (Å²) in [6, 6.07) is 16.0. The number of carbonyl (C=O) groups excluding carboxylic acids is 2. The Morgan fingerprint density at radius 2 is 1.83 bits per heavy atom. The Kier molecular flexibility index (Phi) is 3.88. The largest absolute Gasteiger partial charge is 0.469 e. The van der Waals surface area contributed by atoms with Crippen molar-refractivity contribution in [2.75, 3.05) is 12.4 Å². The van der Waals surface area contributed by atoms with Crippen molar-refractivity contribution in [3.8, 4) is 0 Å². The van der Waals surface area contributed by atoms with Gasteiger partial charge in [-0.15, -0.1) is 0 Å². The normalized spacial score (nSPS) is 20.5. The van der Waals surface area contributed by atoms with Crippen LogP contribution < -0.4 is 5.32 Å². The molecule has 2 N–H and O–H groups in total. The predicted octanol–water partition coefficient (Wildman–Crippen LogP) is 2.17. The van der Waals surface area contributed by atoms with Gasteiger partial charge in [-0.2, -0.15) is 0 Å². The van der Waals surface area contributed by atoms with Gasteiger partial charge in [0.2, 0.25) is 0 Å². The minimum Gasteiger partial charge on any atom is -0.469 e. The molecule has 5 heteroatoms. The van der Waals surface area contributed by atoms with Gasteiger partial charge < -0.3 is 15.2 Å². The third-order valence-corrected chi connectivity index (χ3v) is 4.24. The average molecular weight is 311 g/mol. The summed E-state index contributed by atoms with van der Waals surface area (Å²) in [5.41, 5.74) is -0.0765. The summed E-state index contributed by atoms with van der Waals surface area (Å²) >= 11 is 0. The maximum atomic E-state index is 12.5. The summed E-state index contributed by atoms with van der Waals surface area (Å²) in [6.07, 6.45) is -0.0984. The van der Waals surface area contributed by atoms with E-state index >= 15 is 0 Å². The molecule has 0 radical (unpaired) electrons. The number of esters is 1. The third-order valence-electron chi connectivity index (χ3n) is 4.24. The van der Waals surface area contributed by atoms with Crippen molar-refractivity contribution in [1.29, 1.82) is 0 Å². The first-order chi connectivity index (χ1) is 11.1. The van der Waals surface area contributed by atoms with Gasteiger partial charge in [0.1, 0.15) is 0 Å². The SMILES string of the molecule is COC(=O)C[C@@H](c1ccccc1)[C@]1(O)C(=O)Nc2ccccc21. The molecular weight excluding hydrogens is 294 g/mol. The van der Waals surface area contributed by atoms with Crippen molar-refractivity contribution in [2.24, 2.45) is 0 Å². The molecule has 1 aliphatic rings. The van der Waals surface area contributed by atoms with Gasteiger partial charge in [0.05, 0.1) is 13.5 Å². The van der Waals surface area contributed by atoms with Gasteiger partial charge in [0, 0.05) is 17.2 Å². The number of aliphatic hydroxyl groups is 1. The second-order valence-electron chi connectivity index (χ2n) is 5.51. The van der Waals surface area contributed by atoms with Crippen LogP contribution in [0.3, 0.4) is 0 Å². The number of methoxy groups -OCH3 is 1. The lowest BCUT2D eigenvalue weighted by Crippen LogP contribution is -2.41. The van der Waals surface area contributed by atoms with Crippen molar-refractivity contribution in [2.45, 2.75) is 17.9 Å². The molecule has 0 spiro atoms. The fourth-order valence-electron chi connectivity index (χ4n) is 3.05. The van der Waals surface area contributed by atoms with E-state index < -0.39 is 23.4 Å². The molecule has 0 saturated heterocycles. The van der Waals surface area contributed by atoms with Crippen LogP contribution in [-0.2, 0) is 19.9 Å². The number of rotatable bonds is 4. The Morgan fingerprint density at radius 1 is 1.17 bits per heavy atom. The molecule has 23 heavy (non-hydrogen) atoms. The van der Waals surface area contributed by atoms with Crippen LogP contribution in [0, 0.1) is 0 Å². The second-order valence-corrected chi connectivity index (χ2v) is 5.51. The first-order valence-corrected chi connectivity index (χ1v) is 7.32. The summed E-state index contributed by atoms with van der Waals surface area (Å²) in [7, 11) is 1.29. The van der Waals surface area contributed by atoms with Crippen LogP contribution in [0.5, 0.6) is 0 Å². The first kappa shape index (κ1) is 15.2. The second kappa shape index (κ2) is 5.85. The molecule has 5 nitrogen and oxygen atoms in total. The lowest BCUT2D eigenvalue weighted by atomic mass is 9.76. The molecule has 0 aliphatic carbocycles. The van der Waals surface area contributed by atoms with Gasteiger partial charge in [-0.1, -0.05) is 48.5 Å². The highest BCUT2D eigenvalue weighted by molar-refractivity contribution is 6.05. The van der Waals surface area contributed by atoms with E-state index in [1.54, 1.807) is 36.4 Å². The van der Waals surface area contributed by atoms with E-state index in [2.05, 4.69) is 5.32 Å². The van der Waals surface area contributed by atoms with E-state index in [0.29, 0.717) is 16.8 Å². The summed E-state index contributed by atoms with van der Waals surface area (Å²) in [5.74, 6) is -1.75. The number of amides is 1. The maximum absolute atomic E-state index is 12.5. The van der Waals surface area contributed by atoms with Crippen molar-refractivity contribution >= 4 is 17.6 Å². The smallest absolute Gasteiger partial charge is 0.306 e. The Labute approximate surface area is 133 Å². The van der Waals surface area contributed by atoms with E-state index in [1.165, 1.54) is 7.11 Å². The van der Waals surface area contributed by atoms with Gasteiger partial charge >= 0.3 is 5.97 Å². The molecule has 0 unspecified atom stereocenters. The van der Waals surface area contributed by atoms with Crippen LogP contribution in [0.4, 0.5) is 5.69 Å². The molecule has 0 bridgehead atoms. The number of nitrogens with one attached hydrogen (secondary N) is 1. The lowest BCUT2D eigenvalue weighted by Gasteiger charge is -2.30. The number of benzene rings is 2. The Morgan fingerprint density at radius 3 is 2.52 bits per heavy atom. The van der Waals surface area contributed by atoms with E-state index in [1.807, 2.05) is 18.2 Å². The van der Waals surface area contributed by atoms with Crippen LogP contribution in [0.1, 0.15) is 23.5 Å². The van der Waals surface area contributed by atoms with Crippen LogP contribution in [0.25, 0.3) is 0 Å². The van der Waals surface area contributed by atoms with Gasteiger partial charge in [-0.25, -0.2) is 0 Å². The Bertz CT molecular complexity index is 744. The van der Waals surface area contributed by atoms with Gasteiger partial charge in [-0.3, -0.25) is 9.59 Å². The zero-order valence-corrected chi connectivity index (χ0v) is 12.7. The standard InChI is InChI=1S/C18H17NO4/c1-23-16(20)11-14(12-7-3-2-4-8-12)18(22)13-9-5-6-10-15(13)19-17(18)21/h2-10,14,22H,11H2,1H3,(H,19,21)/t14-,18-/m0/s1. The number of anilines is 1. The molecule has 2 aromatic rings. The van der Waals surface area contributed by atoms with E-state index in [9.17, 15) is 14.7 Å². The van der Waals surface area contributed by atoms with Gasteiger partial charge in [-0.05, 0) is 11.6 Å². The maximum Gasteiger partial charge on any atom is 0.306 e. The molecule has 2 atom stereocenters. The van der Waals surface area contributed by atoms with Crippen LogP contribution in [0.15, 0.2) is 54.6 Å². The number of fused-ring (bicyclic) bond motifs is 1. The molecular formula is C18H17NO4. The zero-order chi connectivity index (χ0) is 16.4. The molecule has 118 valence electrons. The minimum absolute atomic E-state index is 0.0984. The quantitative estimate of drug-likeness (QED) is 0.849. The zero-order valence-electron chi connectivity index (χ0n) is 12.7. The lowest BCUT2D eigenvalue weighted by molar-refractivity contribution is -0.146. The Balaban J connectivity index is 2.12.